The SMILES string of the molecule is C=C1C(CC)=CCc2c(C)c3c(c(CC)c21)C=CC3. The molecule has 1 aromatic rings. The second-order valence-corrected chi connectivity index (χ2v) is 5.57. The van der Waals surface area contributed by atoms with E-state index >= 15 is 0 Å². The molecule has 0 nitrogen and oxygen atoms in total. The predicted octanol–water partition coefficient (Wildman–Crippen LogP) is 5.03. The molecule has 0 amide bonds. The van der Waals surface area contributed by atoms with Crippen LogP contribution in [0.4, 0.5) is 0 Å². The van der Waals surface area contributed by atoms with Gasteiger partial charge in [0.05, 0.1) is 0 Å². The van der Waals surface area contributed by atoms with Crippen molar-refractivity contribution in [2.45, 2.75) is 46.5 Å². The molecule has 0 fully saturated rings. The summed E-state index contributed by atoms with van der Waals surface area (Å²) in [5.74, 6) is 0. The van der Waals surface area contributed by atoms with Crippen LogP contribution < -0.4 is 0 Å². The fourth-order valence-electron chi connectivity index (χ4n) is 3.68. The van der Waals surface area contributed by atoms with Crippen molar-refractivity contribution in [1.82, 2.24) is 0 Å². The average Bonchev–Trinajstić information content (AvgIpc) is 2.90. The van der Waals surface area contributed by atoms with E-state index in [9.17, 15) is 0 Å². The Bertz CT molecular complexity index is 624. The molecule has 1 aromatic carbocycles. The predicted molar refractivity (Wildman–Crippen MR) is 84.4 cm³/mol. The first-order chi connectivity index (χ1) is 9.19. The molecule has 0 atom stereocenters. The van der Waals surface area contributed by atoms with E-state index in [-0.39, 0.29) is 0 Å². The second-order valence-electron chi connectivity index (χ2n) is 5.57. The molecule has 3 rings (SSSR count). The molecule has 0 N–H and O–H groups in total. The molecule has 19 heavy (non-hydrogen) atoms. The standard InChI is InChI=1S/C19H22/c1-5-14-10-11-17-13(4)16-8-7-9-18(16)15(6-2)19(17)12(14)3/h7,9-10H,3,5-6,8,11H2,1-2,4H3. The van der Waals surface area contributed by atoms with Crippen molar-refractivity contribution in [3.63, 3.8) is 0 Å². The fourth-order valence-corrected chi connectivity index (χ4v) is 3.68. The highest BCUT2D eigenvalue weighted by Crippen LogP contribution is 2.41. The highest BCUT2D eigenvalue weighted by molar-refractivity contribution is 5.87. The number of hydrogen-bond acceptors (Lipinski definition) is 0. The van der Waals surface area contributed by atoms with E-state index in [0.717, 1.165) is 25.7 Å². The fraction of sp³-hybridized carbons (Fsp3) is 0.368. The van der Waals surface area contributed by atoms with Gasteiger partial charge in [0.25, 0.3) is 0 Å². The number of rotatable bonds is 2. The number of fused-ring (bicyclic) bond motifs is 2. The third-order valence-corrected chi connectivity index (χ3v) is 4.74. The summed E-state index contributed by atoms with van der Waals surface area (Å²) in [6, 6.07) is 0. The quantitative estimate of drug-likeness (QED) is 0.690. The summed E-state index contributed by atoms with van der Waals surface area (Å²) in [7, 11) is 0. The van der Waals surface area contributed by atoms with Gasteiger partial charge < -0.3 is 0 Å². The van der Waals surface area contributed by atoms with Crippen LogP contribution in [0.3, 0.4) is 0 Å². The molecule has 0 saturated heterocycles. The summed E-state index contributed by atoms with van der Waals surface area (Å²) in [4.78, 5) is 0. The number of hydrogen-bond donors (Lipinski definition) is 0. The Morgan fingerprint density at radius 3 is 2.58 bits per heavy atom. The molecular formula is C19H22. The van der Waals surface area contributed by atoms with Crippen molar-refractivity contribution in [2.75, 3.05) is 0 Å². The van der Waals surface area contributed by atoms with E-state index in [2.05, 4.69) is 45.6 Å². The lowest BCUT2D eigenvalue weighted by molar-refractivity contribution is 1.02. The Morgan fingerprint density at radius 1 is 1.11 bits per heavy atom. The minimum absolute atomic E-state index is 1.09. The van der Waals surface area contributed by atoms with E-state index < -0.39 is 0 Å². The largest absolute Gasteiger partial charge is 0.0909 e. The normalized spacial score (nSPS) is 16.4. The highest BCUT2D eigenvalue weighted by Gasteiger charge is 2.25. The molecular weight excluding hydrogens is 228 g/mol. The van der Waals surface area contributed by atoms with Crippen molar-refractivity contribution in [3.05, 3.63) is 57.7 Å². The van der Waals surface area contributed by atoms with Crippen molar-refractivity contribution in [1.29, 1.82) is 0 Å². The summed E-state index contributed by atoms with van der Waals surface area (Å²) in [5, 5.41) is 0. The highest BCUT2D eigenvalue weighted by atomic mass is 14.3. The first kappa shape index (κ1) is 12.5. The van der Waals surface area contributed by atoms with Gasteiger partial charge in [-0.05, 0) is 77.1 Å². The van der Waals surface area contributed by atoms with Crippen LogP contribution in [0.5, 0.6) is 0 Å². The van der Waals surface area contributed by atoms with Crippen LogP contribution in [0.1, 0.15) is 53.6 Å². The lowest BCUT2D eigenvalue weighted by Crippen LogP contribution is -2.11. The molecule has 0 bridgehead atoms. The topological polar surface area (TPSA) is 0 Å². The van der Waals surface area contributed by atoms with Gasteiger partial charge >= 0.3 is 0 Å². The monoisotopic (exact) mass is 250 g/mol. The van der Waals surface area contributed by atoms with Gasteiger partial charge in [-0.25, -0.2) is 0 Å². The first-order valence-corrected chi connectivity index (χ1v) is 7.41. The van der Waals surface area contributed by atoms with Crippen LogP contribution in [0.15, 0.2) is 24.3 Å². The van der Waals surface area contributed by atoms with Crippen molar-refractivity contribution in [2.24, 2.45) is 0 Å². The van der Waals surface area contributed by atoms with Crippen LogP contribution in [-0.4, -0.2) is 0 Å². The number of benzene rings is 1. The molecule has 0 unspecified atom stereocenters. The van der Waals surface area contributed by atoms with E-state index in [4.69, 9.17) is 0 Å². The summed E-state index contributed by atoms with van der Waals surface area (Å²) in [6.07, 6.45) is 11.4. The van der Waals surface area contributed by atoms with Crippen LogP contribution in [0, 0.1) is 6.92 Å². The molecule has 0 aromatic heterocycles. The third-order valence-electron chi connectivity index (χ3n) is 4.74. The molecule has 2 aliphatic rings. The van der Waals surface area contributed by atoms with Crippen LogP contribution in [0.2, 0.25) is 0 Å². The molecule has 0 spiro atoms. The van der Waals surface area contributed by atoms with Crippen LogP contribution in [0.25, 0.3) is 11.6 Å². The van der Waals surface area contributed by atoms with Crippen molar-refractivity contribution >= 4 is 11.6 Å². The Morgan fingerprint density at radius 2 is 1.89 bits per heavy atom. The second kappa shape index (κ2) is 4.52. The van der Waals surface area contributed by atoms with Gasteiger partial charge in [-0.2, -0.15) is 0 Å². The van der Waals surface area contributed by atoms with Crippen molar-refractivity contribution in [3.8, 4) is 0 Å². The third kappa shape index (κ3) is 1.66. The zero-order valence-electron chi connectivity index (χ0n) is 12.3. The lowest BCUT2D eigenvalue weighted by atomic mass is 9.77. The minimum atomic E-state index is 1.09. The summed E-state index contributed by atoms with van der Waals surface area (Å²) in [5.41, 5.74) is 11.8. The summed E-state index contributed by atoms with van der Waals surface area (Å²) in [6.45, 7) is 11.2. The Balaban J connectivity index is 2.31. The van der Waals surface area contributed by atoms with Gasteiger partial charge in [0.1, 0.15) is 0 Å². The molecule has 0 saturated carbocycles. The van der Waals surface area contributed by atoms with E-state index in [1.165, 1.54) is 39.0 Å². The lowest BCUT2D eigenvalue weighted by Gasteiger charge is -2.27. The van der Waals surface area contributed by atoms with Gasteiger partial charge in [0.2, 0.25) is 0 Å². The Labute approximate surface area is 116 Å². The zero-order valence-corrected chi connectivity index (χ0v) is 12.3. The average molecular weight is 250 g/mol. The molecule has 0 aliphatic heterocycles. The van der Waals surface area contributed by atoms with Gasteiger partial charge in [-0.1, -0.05) is 38.7 Å². The van der Waals surface area contributed by atoms with Gasteiger partial charge in [0.15, 0.2) is 0 Å². The van der Waals surface area contributed by atoms with Gasteiger partial charge in [-0.3, -0.25) is 0 Å². The molecule has 2 aliphatic carbocycles. The summed E-state index contributed by atoms with van der Waals surface area (Å²) >= 11 is 0. The minimum Gasteiger partial charge on any atom is -0.0909 e. The summed E-state index contributed by atoms with van der Waals surface area (Å²) < 4.78 is 0. The Kier molecular flexibility index (Phi) is 2.97. The van der Waals surface area contributed by atoms with E-state index in [1.54, 1.807) is 5.56 Å². The van der Waals surface area contributed by atoms with Gasteiger partial charge in [0, 0.05) is 0 Å². The van der Waals surface area contributed by atoms with E-state index in [1.807, 2.05) is 0 Å². The molecule has 0 radical (unpaired) electrons. The smallest absolute Gasteiger partial charge is 0.00824 e. The van der Waals surface area contributed by atoms with Crippen molar-refractivity contribution < 1.29 is 0 Å². The molecule has 98 valence electrons. The Hall–Kier alpha value is -1.56. The zero-order chi connectivity index (χ0) is 13.6. The van der Waals surface area contributed by atoms with Gasteiger partial charge in [-0.15, -0.1) is 0 Å². The molecule has 0 heterocycles. The maximum absolute atomic E-state index is 4.39. The maximum Gasteiger partial charge on any atom is -0.00824 e. The first-order valence-electron chi connectivity index (χ1n) is 7.41. The maximum atomic E-state index is 4.39. The van der Waals surface area contributed by atoms with Crippen LogP contribution >= 0.6 is 0 Å². The molecule has 0 heteroatoms. The van der Waals surface area contributed by atoms with E-state index in [0.29, 0.717) is 0 Å². The number of allylic oxidation sites excluding steroid dienone is 4. The van der Waals surface area contributed by atoms with Crippen LogP contribution in [-0.2, 0) is 19.3 Å².